The summed E-state index contributed by atoms with van der Waals surface area (Å²) < 4.78 is 0. The molecule has 6 heteroatoms. The number of amides is 2. The molecule has 0 spiro atoms. The lowest BCUT2D eigenvalue weighted by atomic mass is 10.0. The second kappa shape index (κ2) is 13.1. The number of unbranched alkanes of at least 4 members (excludes halogenated alkanes) is 2. The van der Waals surface area contributed by atoms with Crippen molar-refractivity contribution in [2.24, 2.45) is 0 Å². The van der Waals surface area contributed by atoms with E-state index in [0.717, 1.165) is 44.6 Å². The normalized spacial score (nSPS) is 15.5. The third-order valence-corrected chi connectivity index (χ3v) is 5.32. The van der Waals surface area contributed by atoms with E-state index >= 15 is 0 Å². The van der Waals surface area contributed by atoms with E-state index in [2.05, 4.69) is 15.5 Å². The number of piperidine rings is 1. The standard InChI is InChI=1S/C23H35N3O3/c1-19(27)11-5-2-8-14-21(23(29)24-20-12-6-3-7-13-20)25-22(28)15-18-26-16-9-4-10-17-26/h3,6-7,12-13,21H,2,4-5,8-11,14-18H2,1H3,(H,24,29)(H,25,28). The van der Waals surface area contributed by atoms with Gasteiger partial charge in [0, 0.05) is 25.1 Å². The number of benzene rings is 1. The van der Waals surface area contributed by atoms with Gasteiger partial charge in [0.25, 0.3) is 0 Å². The monoisotopic (exact) mass is 401 g/mol. The number of likely N-dealkylation sites (tertiary alicyclic amines) is 1. The SMILES string of the molecule is CC(=O)CCCCCC(NC(=O)CCN1CCCCC1)C(=O)Nc1ccccc1. The fourth-order valence-electron chi connectivity index (χ4n) is 3.63. The minimum atomic E-state index is -0.554. The van der Waals surface area contributed by atoms with Gasteiger partial charge in [-0.2, -0.15) is 0 Å². The Kier molecular flexibility index (Phi) is 10.4. The van der Waals surface area contributed by atoms with Gasteiger partial charge in [-0.3, -0.25) is 9.59 Å². The fourth-order valence-corrected chi connectivity index (χ4v) is 3.63. The van der Waals surface area contributed by atoms with Crippen molar-refractivity contribution in [2.75, 3.05) is 25.0 Å². The van der Waals surface area contributed by atoms with E-state index in [9.17, 15) is 14.4 Å². The second-order valence-corrected chi connectivity index (χ2v) is 7.93. The molecule has 29 heavy (non-hydrogen) atoms. The zero-order valence-corrected chi connectivity index (χ0v) is 17.6. The number of carbonyl (C=O) groups is 3. The minimum absolute atomic E-state index is 0.0764. The first-order valence-corrected chi connectivity index (χ1v) is 10.9. The van der Waals surface area contributed by atoms with Crippen molar-refractivity contribution in [3.05, 3.63) is 30.3 Å². The maximum Gasteiger partial charge on any atom is 0.246 e. The van der Waals surface area contributed by atoms with Crippen LogP contribution in [0.4, 0.5) is 5.69 Å². The van der Waals surface area contributed by atoms with Crippen LogP contribution in [0.1, 0.15) is 64.7 Å². The number of anilines is 1. The molecule has 2 rings (SSSR count). The minimum Gasteiger partial charge on any atom is -0.344 e. The van der Waals surface area contributed by atoms with E-state index in [1.54, 1.807) is 6.92 Å². The first-order valence-electron chi connectivity index (χ1n) is 10.9. The number of rotatable bonds is 12. The molecule has 0 aromatic heterocycles. The highest BCUT2D eigenvalue weighted by atomic mass is 16.2. The van der Waals surface area contributed by atoms with Gasteiger partial charge in [0.15, 0.2) is 0 Å². The van der Waals surface area contributed by atoms with E-state index in [4.69, 9.17) is 0 Å². The summed E-state index contributed by atoms with van der Waals surface area (Å²) in [7, 11) is 0. The van der Waals surface area contributed by atoms with E-state index in [-0.39, 0.29) is 17.6 Å². The second-order valence-electron chi connectivity index (χ2n) is 7.93. The molecule has 160 valence electrons. The van der Waals surface area contributed by atoms with E-state index in [1.807, 2.05) is 30.3 Å². The van der Waals surface area contributed by atoms with Crippen LogP contribution in [-0.2, 0) is 14.4 Å². The Morgan fingerprint density at radius 3 is 2.38 bits per heavy atom. The number of carbonyl (C=O) groups excluding carboxylic acids is 3. The summed E-state index contributed by atoms with van der Waals surface area (Å²) in [6.07, 6.45) is 7.73. The third kappa shape index (κ3) is 9.70. The fraction of sp³-hybridized carbons (Fsp3) is 0.609. The van der Waals surface area contributed by atoms with Crippen molar-refractivity contribution in [2.45, 2.75) is 70.8 Å². The lowest BCUT2D eigenvalue weighted by Crippen LogP contribution is -2.45. The molecule has 1 aliphatic heterocycles. The van der Waals surface area contributed by atoms with Crippen LogP contribution in [0, 0.1) is 0 Å². The number of hydrogen-bond acceptors (Lipinski definition) is 4. The first kappa shape index (κ1) is 23.1. The van der Waals surface area contributed by atoms with Crippen LogP contribution < -0.4 is 10.6 Å². The molecule has 0 aliphatic carbocycles. The van der Waals surface area contributed by atoms with Gasteiger partial charge in [0.2, 0.25) is 11.8 Å². The molecule has 1 fully saturated rings. The van der Waals surface area contributed by atoms with Crippen LogP contribution in [0.15, 0.2) is 30.3 Å². The summed E-state index contributed by atoms with van der Waals surface area (Å²) in [5, 5.41) is 5.83. The van der Waals surface area contributed by atoms with Gasteiger partial charge in [-0.25, -0.2) is 0 Å². The molecule has 1 heterocycles. The zero-order valence-electron chi connectivity index (χ0n) is 17.6. The topological polar surface area (TPSA) is 78.5 Å². The average molecular weight is 402 g/mol. The lowest BCUT2D eigenvalue weighted by Gasteiger charge is -2.26. The van der Waals surface area contributed by atoms with Crippen LogP contribution in [-0.4, -0.2) is 48.2 Å². The van der Waals surface area contributed by atoms with Crippen molar-refractivity contribution in [3.63, 3.8) is 0 Å². The predicted octanol–water partition coefficient (Wildman–Crippen LogP) is 3.53. The van der Waals surface area contributed by atoms with Gasteiger partial charge in [-0.1, -0.05) is 37.5 Å². The number of nitrogens with one attached hydrogen (secondary N) is 2. The highest BCUT2D eigenvalue weighted by Gasteiger charge is 2.21. The molecular formula is C23H35N3O3. The van der Waals surface area contributed by atoms with Gasteiger partial charge >= 0.3 is 0 Å². The molecule has 1 aromatic carbocycles. The Balaban J connectivity index is 1.83. The molecule has 0 bridgehead atoms. The van der Waals surface area contributed by atoms with Crippen molar-refractivity contribution in [1.29, 1.82) is 0 Å². The molecular weight excluding hydrogens is 366 g/mol. The third-order valence-electron chi connectivity index (χ3n) is 5.32. The largest absolute Gasteiger partial charge is 0.344 e. The molecule has 2 N–H and O–H groups in total. The number of hydrogen-bond donors (Lipinski definition) is 2. The molecule has 6 nitrogen and oxygen atoms in total. The Morgan fingerprint density at radius 2 is 1.69 bits per heavy atom. The maximum absolute atomic E-state index is 12.7. The van der Waals surface area contributed by atoms with Gasteiger partial charge in [0.05, 0.1) is 0 Å². The molecule has 0 radical (unpaired) electrons. The summed E-state index contributed by atoms with van der Waals surface area (Å²) in [6.45, 7) is 4.46. The summed E-state index contributed by atoms with van der Waals surface area (Å²) in [5.74, 6) is -0.0732. The molecule has 0 saturated carbocycles. The van der Waals surface area contributed by atoms with Gasteiger partial charge in [0.1, 0.15) is 11.8 Å². The van der Waals surface area contributed by atoms with Crippen LogP contribution in [0.25, 0.3) is 0 Å². The van der Waals surface area contributed by atoms with Crippen LogP contribution >= 0.6 is 0 Å². The van der Waals surface area contributed by atoms with E-state index in [1.165, 1.54) is 19.3 Å². The number of nitrogens with zero attached hydrogens (tertiary/aromatic N) is 1. The Morgan fingerprint density at radius 1 is 0.966 bits per heavy atom. The van der Waals surface area contributed by atoms with Crippen LogP contribution in [0.5, 0.6) is 0 Å². The van der Waals surface area contributed by atoms with Gasteiger partial charge < -0.3 is 20.3 Å². The Hall–Kier alpha value is -2.21. The van der Waals surface area contributed by atoms with E-state index in [0.29, 0.717) is 19.3 Å². The molecule has 1 atom stereocenters. The molecule has 1 unspecified atom stereocenters. The van der Waals surface area contributed by atoms with Gasteiger partial charge in [-0.05, 0) is 57.8 Å². The summed E-state index contributed by atoms with van der Waals surface area (Å²) >= 11 is 0. The van der Waals surface area contributed by atoms with Crippen molar-refractivity contribution in [1.82, 2.24) is 10.2 Å². The van der Waals surface area contributed by atoms with Crippen LogP contribution in [0.2, 0.25) is 0 Å². The van der Waals surface area contributed by atoms with E-state index < -0.39 is 6.04 Å². The average Bonchev–Trinajstić information content (AvgIpc) is 2.72. The highest BCUT2D eigenvalue weighted by molar-refractivity contribution is 5.97. The van der Waals surface area contributed by atoms with Crippen LogP contribution in [0.3, 0.4) is 0 Å². The predicted molar refractivity (Wildman–Crippen MR) is 116 cm³/mol. The van der Waals surface area contributed by atoms with Crippen molar-refractivity contribution >= 4 is 23.3 Å². The molecule has 1 aromatic rings. The number of ketones is 1. The number of Topliss-reactive ketones (excluding diaryl/α,β-unsaturated/α-hetero) is 1. The lowest BCUT2D eigenvalue weighted by molar-refractivity contribution is -0.126. The van der Waals surface area contributed by atoms with Gasteiger partial charge in [-0.15, -0.1) is 0 Å². The maximum atomic E-state index is 12.7. The molecule has 1 aliphatic rings. The Labute approximate surface area is 174 Å². The zero-order chi connectivity index (χ0) is 20.9. The quantitative estimate of drug-likeness (QED) is 0.525. The smallest absolute Gasteiger partial charge is 0.246 e. The molecule has 1 saturated heterocycles. The summed E-state index contributed by atoms with van der Waals surface area (Å²) in [6, 6.07) is 8.74. The number of para-hydroxylation sites is 1. The summed E-state index contributed by atoms with van der Waals surface area (Å²) in [5.41, 5.74) is 0.724. The first-order chi connectivity index (χ1) is 14.0. The van der Waals surface area contributed by atoms with Crippen molar-refractivity contribution in [3.8, 4) is 0 Å². The van der Waals surface area contributed by atoms with Crippen molar-refractivity contribution < 1.29 is 14.4 Å². The highest BCUT2D eigenvalue weighted by Crippen LogP contribution is 2.12. The summed E-state index contributed by atoms with van der Waals surface area (Å²) in [4.78, 5) is 38.6. The Bertz CT molecular complexity index is 642. The molecule has 2 amide bonds.